The Labute approximate surface area is 161 Å². The fourth-order valence-electron chi connectivity index (χ4n) is 3.53. The van der Waals surface area contributed by atoms with Crippen LogP contribution in [0.5, 0.6) is 0 Å². The highest BCUT2D eigenvalue weighted by atomic mass is 35.5. The van der Waals surface area contributed by atoms with Crippen LogP contribution in [0.3, 0.4) is 0 Å². The first kappa shape index (κ1) is 19.2. The van der Waals surface area contributed by atoms with Crippen LogP contribution < -0.4 is 0 Å². The number of carboxylic acid groups (broad SMARTS) is 1. The second-order valence-corrected chi connectivity index (χ2v) is 9.17. The Morgan fingerprint density at radius 3 is 2.35 bits per heavy atom. The third kappa shape index (κ3) is 3.01. The van der Waals surface area contributed by atoms with Crippen LogP contribution in [0, 0.1) is 5.41 Å². The normalized spacial score (nSPS) is 25.0. The van der Waals surface area contributed by atoms with Crippen LogP contribution >= 0.6 is 23.2 Å². The van der Waals surface area contributed by atoms with Crippen molar-refractivity contribution in [2.75, 3.05) is 13.7 Å². The summed E-state index contributed by atoms with van der Waals surface area (Å²) in [6, 6.07) is 12.3. The largest absolute Gasteiger partial charge is 0.481 e. The molecule has 5 nitrogen and oxygen atoms in total. The molecule has 0 spiro atoms. The summed E-state index contributed by atoms with van der Waals surface area (Å²) in [7, 11) is -2.58. The molecule has 3 rings (SSSR count). The Morgan fingerprint density at radius 1 is 1.15 bits per heavy atom. The molecule has 0 aliphatic heterocycles. The molecule has 1 aliphatic carbocycles. The third-order valence-electron chi connectivity index (χ3n) is 4.72. The summed E-state index contributed by atoms with van der Waals surface area (Å²) in [6.45, 7) is -0.225. The maximum Gasteiger partial charge on any atom is 0.314 e. The van der Waals surface area contributed by atoms with Gasteiger partial charge in [-0.3, -0.25) is 4.79 Å². The van der Waals surface area contributed by atoms with E-state index in [4.69, 9.17) is 27.9 Å². The molecule has 0 unspecified atom stereocenters. The number of benzene rings is 2. The highest BCUT2D eigenvalue weighted by Gasteiger charge is 2.76. The van der Waals surface area contributed by atoms with Crippen molar-refractivity contribution in [3.05, 3.63) is 64.1 Å². The molecule has 0 radical (unpaired) electrons. The van der Waals surface area contributed by atoms with E-state index in [0.29, 0.717) is 15.6 Å². The molecule has 0 amide bonds. The highest BCUT2D eigenvalue weighted by Crippen LogP contribution is 2.64. The minimum Gasteiger partial charge on any atom is -0.481 e. The number of rotatable bonds is 6. The fraction of sp³-hybridized carbons (Fsp3) is 0.278. The first-order valence-corrected chi connectivity index (χ1v) is 10.0. The van der Waals surface area contributed by atoms with Crippen LogP contribution in [-0.4, -0.2) is 38.5 Å². The van der Waals surface area contributed by atoms with E-state index in [1.165, 1.54) is 31.4 Å². The minimum absolute atomic E-state index is 0.0261. The van der Waals surface area contributed by atoms with Crippen molar-refractivity contribution in [2.24, 2.45) is 5.41 Å². The predicted octanol–water partition coefficient (Wildman–Crippen LogP) is 3.65. The van der Waals surface area contributed by atoms with Gasteiger partial charge in [0, 0.05) is 23.1 Å². The van der Waals surface area contributed by atoms with E-state index in [9.17, 15) is 18.3 Å². The van der Waals surface area contributed by atoms with E-state index in [0.717, 1.165) is 0 Å². The maximum atomic E-state index is 13.2. The van der Waals surface area contributed by atoms with Gasteiger partial charge in [0.2, 0.25) is 0 Å². The van der Waals surface area contributed by atoms with Crippen molar-refractivity contribution < 1.29 is 23.1 Å². The van der Waals surface area contributed by atoms with E-state index in [1.807, 2.05) is 0 Å². The molecule has 138 valence electrons. The Bertz CT molecular complexity index is 942. The molecular weight excluding hydrogens is 399 g/mol. The van der Waals surface area contributed by atoms with Crippen LogP contribution in [-0.2, 0) is 19.4 Å². The number of ether oxygens (including phenoxy) is 1. The van der Waals surface area contributed by atoms with Gasteiger partial charge in [-0.25, -0.2) is 8.42 Å². The van der Waals surface area contributed by atoms with E-state index in [1.54, 1.807) is 24.3 Å². The number of carboxylic acids is 1. The maximum absolute atomic E-state index is 13.2. The van der Waals surface area contributed by atoms with E-state index >= 15 is 0 Å². The van der Waals surface area contributed by atoms with E-state index in [2.05, 4.69) is 0 Å². The standard InChI is InChI=1S/C18H16Cl2O5S/c1-25-10-18(17(21)22)15(11-3-2-4-13(20)9-11)16(18)26(23,24)14-7-5-12(19)6-8-14/h2-9,15-16H,10H2,1H3,(H,21,22)/t15-,16-,18+/m0/s1. The first-order valence-electron chi connectivity index (χ1n) is 7.72. The van der Waals surface area contributed by atoms with Crippen molar-refractivity contribution in [3.63, 3.8) is 0 Å². The van der Waals surface area contributed by atoms with Crippen LogP contribution in [0.25, 0.3) is 0 Å². The van der Waals surface area contributed by atoms with E-state index in [-0.39, 0.29) is 11.5 Å². The Hall–Kier alpha value is -1.60. The Balaban J connectivity index is 2.13. The zero-order chi connectivity index (χ0) is 19.1. The summed E-state index contributed by atoms with van der Waals surface area (Å²) in [5, 5.41) is 9.51. The van der Waals surface area contributed by atoms with Gasteiger partial charge in [-0.2, -0.15) is 0 Å². The average molecular weight is 415 g/mol. The van der Waals surface area contributed by atoms with Crippen LogP contribution in [0.4, 0.5) is 0 Å². The van der Waals surface area contributed by atoms with Crippen molar-refractivity contribution in [1.82, 2.24) is 0 Å². The molecule has 3 atom stereocenters. The van der Waals surface area contributed by atoms with Gasteiger partial charge in [0.05, 0.1) is 16.8 Å². The summed E-state index contributed by atoms with van der Waals surface area (Å²) in [5.74, 6) is -1.98. The summed E-state index contributed by atoms with van der Waals surface area (Å²) >= 11 is 11.9. The molecule has 1 N–H and O–H groups in total. The number of methoxy groups -OCH3 is 1. The lowest BCUT2D eigenvalue weighted by Crippen LogP contribution is -2.28. The fourth-order valence-corrected chi connectivity index (χ4v) is 6.21. The number of halogens is 2. The number of carbonyl (C=O) groups is 1. The third-order valence-corrected chi connectivity index (χ3v) is 7.50. The summed E-state index contributed by atoms with van der Waals surface area (Å²) in [6.07, 6.45) is 0. The molecule has 26 heavy (non-hydrogen) atoms. The topological polar surface area (TPSA) is 80.7 Å². The molecule has 0 heterocycles. The molecule has 1 saturated carbocycles. The lowest BCUT2D eigenvalue weighted by Gasteiger charge is -2.12. The van der Waals surface area contributed by atoms with Crippen molar-refractivity contribution >= 4 is 39.0 Å². The molecule has 0 saturated heterocycles. The van der Waals surface area contributed by atoms with Gasteiger partial charge in [-0.15, -0.1) is 0 Å². The Kier molecular flexibility index (Phi) is 5.05. The first-order chi connectivity index (χ1) is 12.2. The van der Waals surface area contributed by atoms with Gasteiger partial charge in [-0.1, -0.05) is 35.3 Å². The van der Waals surface area contributed by atoms with Gasteiger partial charge < -0.3 is 9.84 Å². The quantitative estimate of drug-likeness (QED) is 0.779. The molecule has 0 bridgehead atoms. The SMILES string of the molecule is COC[C@@]1(C(=O)O)[C@@H](c2cccc(Cl)c2)[C@@H]1S(=O)(=O)c1ccc(Cl)cc1. The molecular formula is C18H16Cl2O5S. The highest BCUT2D eigenvalue weighted by molar-refractivity contribution is 7.92. The van der Waals surface area contributed by atoms with Gasteiger partial charge in [0.25, 0.3) is 0 Å². The number of hydrogen-bond donors (Lipinski definition) is 1. The summed E-state index contributed by atoms with van der Waals surface area (Å²) in [4.78, 5) is 12.1. The van der Waals surface area contributed by atoms with Crippen molar-refractivity contribution in [1.29, 1.82) is 0 Å². The van der Waals surface area contributed by atoms with Gasteiger partial charge in [0.1, 0.15) is 5.41 Å². The lowest BCUT2D eigenvalue weighted by atomic mass is 10.00. The average Bonchev–Trinajstić information content (AvgIpc) is 3.27. The second kappa shape index (κ2) is 6.85. The van der Waals surface area contributed by atoms with Crippen LogP contribution in [0.15, 0.2) is 53.4 Å². The molecule has 1 fully saturated rings. The number of hydrogen-bond acceptors (Lipinski definition) is 4. The summed E-state index contributed by atoms with van der Waals surface area (Å²) in [5.41, 5.74) is -1.02. The van der Waals surface area contributed by atoms with Crippen molar-refractivity contribution in [2.45, 2.75) is 16.1 Å². The summed E-state index contributed by atoms with van der Waals surface area (Å²) < 4.78 is 31.4. The van der Waals surface area contributed by atoms with E-state index < -0.39 is 32.4 Å². The lowest BCUT2D eigenvalue weighted by molar-refractivity contribution is -0.145. The molecule has 1 aliphatic rings. The minimum atomic E-state index is -3.93. The smallest absolute Gasteiger partial charge is 0.314 e. The predicted molar refractivity (Wildman–Crippen MR) is 98.6 cm³/mol. The zero-order valence-electron chi connectivity index (χ0n) is 13.7. The number of sulfone groups is 1. The van der Waals surface area contributed by atoms with Gasteiger partial charge >= 0.3 is 5.97 Å². The monoisotopic (exact) mass is 414 g/mol. The molecule has 2 aromatic carbocycles. The van der Waals surface area contributed by atoms with Crippen LogP contribution in [0.1, 0.15) is 11.5 Å². The number of aliphatic carboxylic acids is 1. The molecule has 2 aromatic rings. The second-order valence-electron chi connectivity index (χ2n) is 6.23. The molecule has 8 heteroatoms. The molecule has 0 aromatic heterocycles. The zero-order valence-corrected chi connectivity index (χ0v) is 16.1. The van der Waals surface area contributed by atoms with Crippen molar-refractivity contribution in [3.8, 4) is 0 Å². The Morgan fingerprint density at radius 2 is 1.81 bits per heavy atom. The van der Waals surface area contributed by atoms with Gasteiger partial charge in [-0.05, 0) is 42.0 Å². The van der Waals surface area contributed by atoms with Gasteiger partial charge in [0.15, 0.2) is 9.84 Å². The van der Waals surface area contributed by atoms with Crippen LogP contribution in [0.2, 0.25) is 10.0 Å².